The second-order valence-electron chi connectivity index (χ2n) is 4.18. The van der Waals surface area contributed by atoms with E-state index in [0.717, 1.165) is 12.0 Å². The lowest BCUT2D eigenvalue weighted by atomic mass is 9.88. The summed E-state index contributed by atoms with van der Waals surface area (Å²) in [5.41, 5.74) is 1.37. The first-order valence-corrected chi connectivity index (χ1v) is 4.39. The minimum atomic E-state index is 0.287. The van der Waals surface area contributed by atoms with E-state index in [2.05, 4.69) is 33.9 Å². The van der Waals surface area contributed by atoms with Gasteiger partial charge < -0.3 is 0 Å². The molecule has 0 saturated heterocycles. The molecule has 0 aliphatic carbocycles. The van der Waals surface area contributed by atoms with Gasteiger partial charge in [-0.05, 0) is 17.9 Å². The van der Waals surface area contributed by atoms with Crippen LogP contribution in [0.2, 0.25) is 0 Å². The van der Waals surface area contributed by atoms with Crippen LogP contribution in [0.1, 0.15) is 27.2 Å². The van der Waals surface area contributed by atoms with E-state index in [-0.39, 0.29) is 5.41 Å². The Balaban J connectivity index is 3.99. The summed E-state index contributed by atoms with van der Waals surface area (Å²) < 4.78 is 0. The van der Waals surface area contributed by atoms with Gasteiger partial charge in [-0.1, -0.05) is 57.2 Å². The van der Waals surface area contributed by atoms with Crippen LogP contribution in [0.25, 0.3) is 0 Å². The van der Waals surface area contributed by atoms with Crippen molar-refractivity contribution in [2.24, 2.45) is 5.41 Å². The molecule has 0 rings (SSSR count). The first-order valence-electron chi connectivity index (χ1n) is 4.01. The van der Waals surface area contributed by atoms with Crippen LogP contribution in [0.15, 0.2) is 35.9 Å². The van der Waals surface area contributed by atoms with Crippen molar-refractivity contribution in [1.29, 1.82) is 0 Å². The highest BCUT2D eigenvalue weighted by Crippen LogP contribution is 2.23. The molecule has 1 heteroatoms. The molecule has 0 amide bonds. The molecular weight excluding hydrogens is 168 g/mol. The van der Waals surface area contributed by atoms with Gasteiger partial charge in [0, 0.05) is 5.03 Å². The third kappa shape index (κ3) is 7.62. The number of allylic oxidation sites excluding steroid dienone is 4. The van der Waals surface area contributed by atoms with Gasteiger partial charge in [0.1, 0.15) is 0 Å². The fraction of sp³-hybridized carbons (Fsp3) is 0.455. The molecule has 12 heavy (non-hydrogen) atoms. The third-order valence-corrected chi connectivity index (χ3v) is 1.38. The zero-order valence-electron chi connectivity index (χ0n) is 8.15. The molecule has 0 fully saturated rings. The summed E-state index contributed by atoms with van der Waals surface area (Å²) in [6.45, 7) is 14.0. The number of hydrogen-bond donors (Lipinski definition) is 0. The molecule has 0 aromatic carbocycles. The Hall–Kier alpha value is -0.490. The fourth-order valence-electron chi connectivity index (χ4n) is 0.948. The monoisotopic (exact) mass is 184 g/mol. The molecule has 0 unspecified atom stereocenters. The standard InChI is InChI=1S/C11H17Cl/c1-9(6-7-10(2)12)8-11(3,4)5/h6-7H,1-2,8H2,3-5H3/b7-6-. The minimum absolute atomic E-state index is 0.287. The molecule has 0 spiro atoms. The van der Waals surface area contributed by atoms with E-state index in [1.165, 1.54) is 0 Å². The topological polar surface area (TPSA) is 0 Å². The highest BCUT2D eigenvalue weighted by Gasteiger charge is 2.09. The van der Waals surface area contributed by atoms with Crippen LogP contribution in [-0.4, -0.2) is 0 Å². The van der Waals surface area contributed by atoms with E-state index in [1.807, 2.05) is 6.08 Å². The summed E-state index contributed by atoms with van der Waals surface area (Å²) >= 11 is 5.57. The van der Waals surface area contributed by atoms with Gasteiger partial charge in [-0.3, -0.25) is 0 Å². The molecule has 0 aliphatic rings. The molecule has 0 bridgehead atoms. The molecule has 0 N–H and O–H groups in total. The largest absolute Gasteiger partial charge is 0.0958 e. The summed E-state index contributed by atoms with van der Waals surface area (Å²) in [6, 6.07) is 0. The van der Waals surface area contributed by atoms with Crippen LogP contribution in [0.4, 0.5) is 0 Å². The lowest BCUT2D eigenvalue weighted by Crippen LogP contribution is -2.04. The summed E-state index contributed by atoms with van der Waals surface area (Å²) in [6.07, 6.45) is 4.67. The van der Waals surface area contributed by atoms with Crippen molar-refractivity contribution in [1.82, 2.24) is 0 Å². The van der Waals surface area contributed by atoms with Crippen molar-refractivity contribution in [2.75, 3.05) is 0 Å². The molecular formula is C11H17Cl. The van der Waals surface area contributed by atoms with Gasteiger partial charge in [0.25, 0.3) is 0 Å². The van der Waals surface area contributed by atoms with Crippen LogP contribution in [0, 0.1) is 5.41 Å². The fourth-order valence-corrected chi connectivity index (χ4v) is 1.01. The zero-order valence-corrected chi connectivity index (χ0v) is 8.91. The molecule has 0 aromatic rings. The van der Waals surface area contributed by atoms with Crippen LogP contribution < -0.4 is 0 Å². The average molecular weight is 185 g/mol. The normalized spacial score (nSPS) is 12.0. The van der Waals surface area contributed by atoms with Crippen molar-refractivity contribution < 1.29 is 0 Å². The maximum atomic E-state index is 5.57. The van der Waals surface area contributed by atoms with Crippen LogP contribution in [0.5, 0.6) is 0 Å². The van der Waals surface area contributed by atoms with Crippen molar-refractivity contribution in [3.63, 3.8) is 0 Å². The van der Waals surface area contributed by atoms with Gasteiger partial charge in [-0.15, -0.1) is 0 Å². The molecule has 0 nitrogen and oxygen atoms in total. The van der Waals surface area contributed by atoms with Gasteiger partial charge in [0.05, 0.1) is 0 Å². The van der Waals surface area contributed by atoms with Gasteiger partial charge in [-0.2, -0.15) is 0 Å². The average Bonchev–Trinajstić information content (AvgIpc) is 1.79. The molecule has 0 heterocycles. The predicted octanol–water partition coefficient (Wildman–Crippen LogP) is 4.29. The Kier molecular flexibility index (Phi) is 4.33. The summed E-state index contributed by atoms with van der Waals surface area (Å²) in [5, 5.41) is 0.546. The van der Waals surface area contributed by atoms with Crippen molar-refractivity contribution in [3.05, 3.63) is 35.9 Å². The van der Waals surface area contributed by atoms with E-state index in [1.54, 1.807) is 6.08 Å². The number of rotatable bonds is 3. The summed E-state index contributed by atoms with van der Waals surface area (Å²) in [7, 11) is 0. The van der Waals surface area contributed by atoms with E-state index >= 15 is 0 Å². The maximum Gasteiger partial charge on any atom is 0.0334 e. The molecule has 68 valence electrons. The first-order chi connectivity index (χ1) is 5.31. The number of hydrogen-bond acceptors (Lipinski definition) is 0. The van der Waals surface area contributed by atoms with E-state index in [0.29, 0.717) is 5.03 Å². The Morgan fingerprint density at radius 1 is 1.25 bits per heavy atom. The van der Waals surface area contributed by atoms with Gasteiger partial charge in [0.15, 0.2) is 0 Å². The van der Waals surface area contributed by atoms with E-state index < -0.39 is 0 Å². The van der Waals surface area contributed by atoms with Crippen molar-refractivity contribution >= 4 is 11.6 Å². The predicted molar refractivity (Wildman–Crippen MR) is 57.3 cm³/mol. The highest BCUT2D eigenvalue weighted by molar-refractivity contribution is 6.30. The Morgan fingerprint density at radius 2 is 1.75 bits per heavy atom. The lowest BCUT2D eigenvalue weighted by Gasteiger charge is -2.17. The highest BCUT2D eigenvalue weighted by atomic mass is 35.5. The minimum Gasteiger partial charge on any atom is -0.0958 e. The van der Waals surface area contributed by atoms with Crippen molar-refractivity contribution in [3.8, 4) is 0 Å². The van der Waals surface area contributed by atoms with E-state index in [4.69, 9.17) is 11.6 Å². The molecule has 0 aliphatic heterocycles. The first kappa shape index (κ1) is 11.5. The van der Waals surface area contributed by atoms with Gasteiger partial charge in [0.2, 0.25) is 0 Å². The Morgan fingerprint density at radius 3 is 2.08 bits per heavy atom. The second kappa shape index (κ2) is 4.51. The van der Waals surface area contributed by atoms with E-state index in [9.17, 15) is 0 Å². The third-order valence-electron chi connectivity index (χ3n) is 1.26. The van der Waals surface area contributed by atoms with Gasteiger partial charge >= 0.3 is 0 Å². The second-order valence-corrected chi connectivity index (χ2v) is 4.66. The molecule has 0 aromatic heterocycles. The Labute approximate surface area is 80.6 Å². The Bertz CT molecular complexity index is 204. The zero-order chi connectivity index (χ0) is 9.78. The summed E-state index contributed by atoms with van der Waals surface area (Å²) in [4.78, 5) is 0. The smallest absolute Gasteiger partial charge is 0.0334 e. The summed E-state index contributed by atoms with van der Waals surface area (Å²) in [5.74, 6) is 0. The quantitative estimate of drug-likeness (QED) is 0.575. The number of halogens is 1. The molecule has 0 radical (unpaired) electrons. The van der Waals surface area contributed by atoms with Crippen LogP contribution in [0.3, 0.4) is 0 Å². The van der Waals surface area contributed by atoms with Crippen molar-refractivity contribution in [2.45, 2.75) is 27.2 Å². The molecule has 0 saturated carbocycles. The van der Waals surface area contributed by atoms with Crippen LogP contribution >= 0.6 is 11.6 Å². The van der Waals surface area contributed by atoms with Crippen LogP contribution in [-0.2, 0) is 0 Å². The lowest BCUT2D eigenvalue weighted by molar-refractivity contribution is 0.414. The maximum absolute atomic E-state index is 5.57. The SMILES string of the molecule is C=C(Cl)/C=C\C(=C)CC(C)(C)C. The van der Waals surface area contributed by atoms with Gasteiger partial charge in [-0.25, -0.2) is 0 Å². The molecule has 0 atom stereocenters.